The van der Waals surface area contributed by atoms with Crippen LogP contribution in [-0.4, -0.2) is 37.1 Å². The van der Waals surface area contributed by atoms with E-state index >= 15 is 0 Å². The van der Waals surface area contributed by atoms with E-state index in [1.165, 1.54) is 12.7 Å². The molecule has 3 rings (SSSR count). The second-order valence-electron chi connectivity index (χ2n) is 4.42. The van der Waals surface area contributed by atoms with Crippen molar-refractivity contribution < 1.29 is 18.7 Å². The van der Waals surface area contributed by atoms with E-state index in [-0.39, 0.29) is 30.0 Å². The van der Waals surface area contributed by atoms with Gasteiger partial charge < -0.3 is 19.1 Å². The third kappa shape index (κ3) is 2.53. The molecule has 2 aromatic heterocycles. The van der Waals surface area contributed by atoms with Gasteiger partial charge in [0.1, 0.15) is 6.23 Å². The summed E-state index contributed by atoms with van der Waals surface area (Å²) in [6.45, 7) is 0.0748. The summed E-state index contributed by atoms with van der Waals surface area (Å²) < 4.78 is 22.6. The fourth-order valence-electron chi connectivity index (χ4n) is 2.25. The monoisotopic (exact) mass is 300 g/mol. The van der Waals surface area contributed by atoms with Gasteiger partial charge in [0.2, 0.25) is 0 Å². The van der Waals surface area contributed by atoms with E-state index in [1.54, 1.807) is 4.57 Å². The molecule has 9 nitrogen and oxygen atoms in total. The average Bonchev–Trinajstić information content (AvgIpc) is 3.02. The van der Waals surface area contributed by atoms with Crippen molar-refractivity contribution in [3.05, 3.63) is 23.0 Å². The molecule has 1 unspecified atom stereocenters. The van der Waals surface area contributed by atoms with Gasteiger partial charge in [-0.15, -0.1) is 0 Å². The van der Waals surface area contributed by atoms with Crippen molar-refractivity contribution in [2.24, 2.45) is 0 Å². The van der Waals surface area contributed by atoms with Gasteiger partial charge in [-0.1, -0.05) is 0 Å². The molecule has 20 heavy (non-hydrogen) atoms. The van der Waals surface area contributed by atoms with E-state index < -0.39 is 8.25 Å². The maximum Gasteiger partial charge on any atom is 0.316 e. The molecule has 1 saturated heterocycles. The van der Waals surface area contributed by atoms with Gasteiger partial charge in [0, 0.05) is 0 Å². The molecular weight excluding hydrogens is 287 g/mol. The SMILES string of the molecule is O=c1[nH]cnc2c1ncn2[C@H]1CC[C@@H](CO[PH](=O)O)O1. The summed E-state index contributed by atoms with van der Waals surface area (Å²) in [5.74, 6) is 0. The topological polar surface area (TPSA) is 119 Å². The minimum atomic E-state index is -2.94. The number of imidazole rings is 1. The van der Waals surface area contributed by atoms with E-state index in [2.05, 4.69) is 19.5 Å². The Labute approximate surface area is 113 Å². The summed E-state index contributed by atoms with van der Waals surface area (Å²) in [6, 6.07) is 0. The first-order chi connectivity index (χ1) is 9.65. The Bertz CT molecular complexity index is 698. The first kappa shape index (κ1) is 13.4. The lowest BCUT2D eigenvalue weighted by Gasteiger charge is -2.14. The van der Waals surface area contributed by atoms with E-state index in [0.29, 0.717) is 18.5 Å². The summed E-state index contributed by atoms with van der Waals surface area (Å²) in [5.41, 5.74) is 0.415. The molecule has 0 amide bonds. The van der Waals surface area contributed by atoms with Crippen molar-refractivity contribution in [1.82, 2.24) is 19.5 Å². The van der Waals surface area contributed by atoms with Crippen molar-refractivity contribution >= 4 is 19.4 Å². The summed E-state index contributed by atoms with van der Waals surface area (Å²) in [4.78, 5) is 30.8. The molecule has 108 valence electrons. The third-order valence-electron chi connectivity index (χ3n) is 3.15. The van der Waals surface area contributed by atoms with Crippen LogP contribution < -0.4 is 5.56 Å². The maximum atomic E-state index is 11.6. The smallest absolute Gasteiger partial charge is 0.316 e. The van der Waals surface area contributed by atoms with Crippen LogP contribution in [0.5, 0.6) is 0 Å². The number of H-pyrrole nitrogens is 1. The van der Waals surface area contributed by atoms with E-state index in [1.807, 2.05) is 0 Å². The highest BCUT2D eigenvalue weighted by molar-refractivity contribution is 7.32. The molecule has 2 aromatic rings. The lowest BCUT2D eigenvalue weighted by Crippen LogP contribution is -2.15. The van der Waals surface area contributed by atoms with Gasteiger partial charge in [0.15, 0.2) is 11.2 Å². The van der Waals surface area contributed by atoms with E-state index in [4.69, 9.17) is 9.63 Å². The molecule has 10 heteroatoms. The number of aromatic nitrogens is 4. The fourth-order valence-corrected chi connectivity index (χ4v) is 2.58. The molecule has 0 bridgehead atoms. The minimum Gasteiger partial charge on any atom is -0.352 e. The molecule has 1 aliphatic rings. The van der Waals surface area contributed by atoms with Crippen LogP contribution >= 0.6 is 8.25 Å². The highest BCUT2D eigenvalue weighted by atomic mass is 31.1. The second-order valence-corrected chi connectivity index (χ2v) is 5.24. The number of nitrogens with zero attached hydrogens (tertiary/aromatic N) is 3. The zero-order chi connectivity index (χ0) is 14.1. The van der Waals surface area contributed by atoms with Crippen LogP contribution in [-0.2, 0) is 13.8 Å². The molecule has 3 heterocycles. The van der Waals surface area contributed by atoms with E-state index in [0.717, 1.165) is 0 Å². The van der Waals surface area contributed by atoms with Gasteiger partial charge in [-0.3, -0.25) is 13.9 Å². The molecule has 3 atom stereocenters. The number of ether oxygens (including phenoxy) is 1. The molecule has 0 spiro atoms. The number of hydrogen-bond donors (Lipinski definition) is 2. The van der Waals surface area contributed by atoms with Crippen molar-refractivity contribution in [2.45, 2.75) is 25.2 Å². The lowest BCUT2D eigenvalue weighted by atomic mass is 10.2. The quantitative estimate of drug-likeness (QED) is 0.774. The van der Waals surface area contributed by atoms with Crippen molar-refractivity contribution in [1.29, 1.82) is 0 Å². The van der Waals surface area contributed by atoms with Crippen molar-refractivity contribution in [3.8, 4) is 0 Å². The van der Waals surface area contributed by atoms with Crippen molar-refractivity contribution in [2.75, 3.05) is 6.61 Å². The molecule has 1 aliphatic heterocycles. The summed E-state index contributed by atoms with van der Waals surface area (Å²) in [6.07, 6.45) is 3.67. The zero-order valence-electron chi connectivity index (χ0n) is 10.4. The number of hydrogen-bond acceptors (Lipinski definition) is 6. The maximum absolute atomic E-state index is 11.6. The highest BCUT2D eigenvalue weighted by Crippen LogP contribution is 2.31. The number of rotatable bonds is 4. The predicted molar refractivity (Wildman–Crippen MR) is 68.5 cm³/mol. The van der Waals surface area contributed by atoms with Crippen LogP contribution in [0.2, 0.25) is 0 Å². The summed E-state index contributed by atoms with van der Waals surface area (Å²) in [5, 5.41) is 0. The molecular formula is C10H13N4O5P. The Hall–Kier alpha value is -1.54. The van der Waals surface area contributed by atoms with Crippen LogP contribution in [0.25, 0.3) is 11.2 Å². The van der Waals surface area contributed by atoms with Crippen LogP contribution in [0.3, 0.4) is 0 Å². The first-order valence-electron chi connectivity index (χ1n) is 6.06. The summed E-state index contributed by atoms with van der Waals surface area (Å²) >= 11 is 0. The Kier molecular flexibility index (Phi) is 3.66. The predicted octanol–water partition coefficient (Wildman–Crippen LogP) is 0.196. The Morgan fingerprint density at radius 2 is 2.40 bits per heavy atom. The Morgan fingerprint density at radius 3 is 3.20 bits per heavy atom. The first-order valence-corrected chi connectivity index (χ1v) is 7.33. The van der Waals surface area contributed by atoms with Gasteiger partial charge in [-0.2, -0.15) is 0 Å². The molecule has 2 N–H and O–H groups in total. The highest BCUT2D eigenvalue weighted by Gasteiger charge is 2.28. The normalized spacial score (nSPS) is 24.2. The van der Waals surface area contributed by atoms with Crippen LogP contribution in [0.4, 0.5) is 0 Å². The largest absolute Gasteiger partial charge is 0.352 e. The number of nitrogens with one attached hydrogen (secondary N) is 1. The van der Waals surface area contributed by atoms with Gasteiger partial charge >= 0.3 is 8.25 Å². The Morgan fingerprint density at radius 1 is 1.55 bits per heavy atom. The molecule has 0 aliphatic carbocycles. The molecule has 0 radical (unpaired) electrons. The average molecular weight is 300 g/mol. The van der Waals surface area contributed by atoms with Crippen LogP contribution in [0.1, 0.15) is 19.1 Å². The van der Waals surface area contributed by atoms with Crippen molar-refractivity contribution in [3.63, 3.8) is 0 Å². The lowest BCUT2D eigenvalue weighted by molar-refractivity contribution is -0.0162. The number of aromatic amines is 1. The molecule has 1 fully saturated rings. The van der Waals surface area contributed by atoms with Gasteiger partial charge in [-0.05, 0) is 12.8 Å². The fraction of sp³-hybridized carbons (Fsp3) is 0.500. The van der Waals surface area contributed by atoms with Gasteiger partial charge in [-0.25, -0.2) is 9.97 Å². The minimum absolute atomic E-state index is 0.0748. The second kappa shape index (κ2) is 5.45. The van der Waals surface area contributed by atoms with E-state index in [9.17, 15) is 9.36 Å². The standard InChI is InChI=1S/C10H13N4O5P/c15-10-8-9(11-4-12-10)14(5-13-8)7-2-1-6(19-7)3-18-20(16)17/h4-7,20H,1-3H2,(H,16,17)(H,11,12,15)/t6-,7+/m0/s1. The molecule has 0 saturated carbocycles. The van der Waals surface area contributed by atoms with Crippen LogP contribution in [0.15, 0.2) is 17.4 Å². The summed E-state index contributed by atoms with van der Waals surface area (Å²) in [7, 11) is -2.94. The zero-order valence-corrected chi connectivity index (χ0v) is 11.4. The van der Waals surface area contributed by atoms with Gasteiger partial charge in [0.05, 0.1) is 25.4 Å². The number of fused-ring (bicyclic) bond motifs is 1. The van der Waals surface area contributed by atoms with Crippen LogP contribution in [0, 0.1) is 0 Å². The Balaban J connectivity index is 1.78. The molecule has 0 aromatic carbocycles. The van der Waals surface area contributed by atoms with Gasteiger partial charge in [0.25, 0.3) is 5.56 Å². The third-order valence-corrected chi connectivity index (χ3v) is 3.57.